The number of aryl methyl sites for hydroxylation is 1. The van der Waals surface area contributed by atoms with E-state index < -0.39 is 12.0 Å². The van der Waals surface area contributed by atoms with Crippen molar-refractivity contribution in [3.8, 4) is 11.5 Å². The highest BCUT2D eigenvalue weighted by atomic mass is 35.5. The third-order valence-electron chi connectivity index (χ3n) is 6.34. The molecule has 1 amide bonds. The Kier molecular flexibility index (Phi) is 7.90. The van der Waals surface area contributed by atoms with Gasteiger partial charge in [0.1, 0.15) is 24.1 Å². The maximum absolute atomic E-state index is 14.2. The molecule has 0 spiro atoms. The van der Waals surface area contributed by atoms with Crippen molar-refractivity contribution in [3.05, 3.63) is 81.9 Å². The quantitative estimate of drug-likeness (QED) is 0.361. The number of ether oxygens (including phenoxy) is 2. The number of nitrogens with zero attached hydrogens (tertiary/aromatic N) is 1. The number of aliphatic hydroxyl groups excluding tert-OH is 1. The van der Waals surface area contributed by atoms with E-state index in [1.165, 1.54) is 19.2 Å². The topological polar surface area (TPSA) is 71.0 Å². The number of nitrogens with one attached hydrogen (secondary N) is 1. The number of halogens is 3. The van der Waals surface area contributed by atoms with Crippen LogP contribution in [0.2, 0.25) is 5.02 Å². The number of hydrogen-bond acceptors (Lipinski definition) is 5. The van der Waals surface area contributed by atoms with Crippen LogP contribution in [0, 0.1) is 6.92 Å². The van der Waals surface area contributed by atoms with Gasteiger partial charge in [-0.3, -0.25) is 4.79 Å². The molecule has 1 unspecified atom stereocenters. The van der Waals surface area contributed by atoms with E-state index in [0.717, 1.165) is 18.1 Å². The molecule has 1 aliphatic rings. The standard InChI is InChI=1S/C28H29ClF2N2O4/c1-17-12-19(28(2,30)31)13-25-24(17)8-9-33(25)27(35)26(18-4-6-20(29)7-5-18)32-21-14-22(36-3)16-23(15-21)37-11-10-34/h4-7,12-16,26,32,34H,8-11H2,1-3H3. The highest BCUT2D eigenvalue weighted by molar-refractivity contribution is 6.30. The summed E-state index contributed by atoms with van der Waals surface area (Å²) in [6.45, 7) is 2.97. The molecule has 0 radical (unpaired) electrons. The number of carbonyl (C=O) groups is 1. The normalized spacial score (nSPS) is 13.8. The minimum absolute atomic E-state index is 0.0977. The van der Waals surface area contributed by atoms with Gasteiger partial charge in [0, 0.05) is 53.6 Å². The number of amides is 1. The molecule has 3 aromatic carbocycles. The molecule has 3 aromatic rings. The highest BCUT2D eigenvalue weighted by Gasteiger charge is 2.35. The third kappa shape index (κ3) is 5.97. The Morgan fingerprint density at radius 1 is 1.16 bits per heavy atom. The first-order valence-corrected chi connectivity index (χ1v) is 12.3. The maximum Gasteiger partial charge on any atom is 0.270 e. The van der Waals surface area contributed by atoms with Crippen molar-refractivity contribution in [2.45, 2.75) is 32.2 Å². The van der Waals surface area contributed by atoms with Gasteiger partial charge in [0.15, 0.2) is 0 Å². The summed E-state index contributed by atoms with van der Waals surface area (Å²) in [5, 5.41) is 12.9. The van der Waals surface area contributed by atoms with Crippen LogP contribution in [-0.4, -0.2) is 37.9 Å². The van der Waals surface area contributed by atoms with Gasteiger partial charge in [-0.1, -0.05) is 23.7 Å². The van der Waals surface area contributed by atoms with Crippen molar-refractivity contribution in [2.24, 2.45) is 0 Å². The first-order valence-electron chi connectivity index (χ1n) is 11.9. The lowest BCUT2D eigenvalue weighted by molar-refractivity contribution is -0.119. The number of rotatable bonds is 9. The lowest BCUT2D eigenvalue weighted by atomic mass is 9.99. The smallest absolute Gasteiger partial charge is 0.270 e. The van der Waals surface area contributed by atoms with Crippen LogP contribution in [0.25, 0.3) is 0 Å². The molecule has 0 aromatic heterocycles. The van der Waals surface area contributed by atoms with E-state index in [1.54, 1.807) is 54.3 Å². The number of fused-ring (bicyclic) bond motifs is 1. The lowest BCUT2D eigenvalue weighted by Crippen LogP contribution is -2.37. The van der Waals surface area contributed by atoms with Gasteiger partial charge in [-0.15, -0.1) is 0 Å². The molecule has 37 heavy (non-hydrogen) atoms. The molecule has 1 aliphatic heterocycles. The molecule has 2 N–H and O–H groups in total. The van der Waals surface area contributed by atoms with Crippen LogP contribution in [-0.2, 0) is 17.1 Å². The number of alkyl halides is 2. The first kappa shape index (κ1) is 26.7. The molecule has 0 saturated carbocycles. The average Bonchev–Trinajstić information content (AvgIpc) is 3.30. The Morgan fingerprint density at radius 3 is 2.51 bits per heavy atom. The monoisotopic (exact) mass is 530 g/mol. The largest absolute Gasteiger partial charge is 0.497 e. The van der Waals surface area contributed by atoms with Gasteiger partial charge in [-0.05, 0) is 54.3 Å². The predicted octanol–water partition coefficient (Wildman–Crippen LogP) is 5.88. The van der Waals surface area contributed by atoms with Crippen molar-refractivity contribution in [3.63, 3.8) is 0 Å². The summed E-state index contributed by atoms with van der Waals surface area (Å²) < 4.78 is 39.3. The molecule has 0 fully saturated rings. The molecule has 6 nitrogen and oxygen atoms in total. The van der Waals surface area contributed by atoms with Gasteiger partial charge < -0.3 is 24.8 Å². The third-order valence-corrected chi connectivity index (χ3v) is 6.59. The van der Waals surface area contributed by atoms with Crippen LogP contribution in [0.3, 0.4) is 0 Å². The van der Waals surface area contributed by atoms with Crippen LogP contribution >= 0.6 is 11.6 Å². The zero-order valence-corrected chi connectivity index (χ0v) is 21.6. The Hall–Kier alpha value is -3.36. The summed E-state index contributed by atoms with van der Waals surface area (Å²) in [4.78, 5) is 15.6. The van der Waals surface area contributed by atoms with E-state index in [-0.39, 0.29) is 24.7 Å². The Morgan fingerprint density at radius 2 is 1.86 bits per heavy atom. The summed E-state index contributed by atoms with van der Waals surface area (Å²) in [5.41, 5.74) is 3.19. The van der Waals surface area contributed by atoms with Crippen LogP contribution < -0.4 is 19.7 Å². The molecular formula is C28H29ClF2N2O4. The summed E-state index contributed by atoms with van der Waals surface area (Å²) in [6, 6.07) is 14.0. The van der Waals surface area contributed by atoms with Crippen LogP contribution in [0.5, 0.6) is 11.5 Å². The number of anilines is 2. The Balaban J connectivity index is 1.73. The van der Waals surface area contributed by atoms with Crippen LogP contribution in [0.1, 0.15) is 35.2 Å². The summed E-state index contributed by atoms with van der Waals surface area (Å²) in [7, 11) is 1.52. The molecule has 1 atom stereocenters. The van der Waals surface area contributed by atoms with E-state index in [9.17, 15) is 13.6 Å². The molecule has 1 heterocycles. The van der Waals surface area contributed by atoms with E-state index in [4.69, 9.17) is 26.2 Å². The second-order valence-electron chi connectivity index (χ2n) is 9.02. The number of hydrogen-bond donors (Lipinski definition) is 2. The summed E-state index contributed by atoms with van der Waals surface area (Å²) >= 11 is 6.10. The van der Waals surface area contributed by atoms with Gasteiger partial charge >= 0.3 is 0 Å². The van der Waals surface area contributed by atoms with Crippen molar-refractivity contribution < 1.29 is 28.2 Å². The Bertz CT molecular complexity index is 1280. The van der Waals surface area contributed by atoms with Crippen molar-refractivity contribution in [2.75, 3.05) is 37.1 Å². The van der Waals surface area contributed by atoms with Crippen molar-refractivity contribution in [1.82, 2.24) is 0 Å². The molecule has 0 aliphatic carbocycles. The van der Waals surface area contributed by atoms with Gasteiger partial charge in [0.05, 0.1) is 13.7 Å². The van der Waals surface area contributed by atoms with Gasteiger partial charge in [-0.2, -0.15) is 0 Å². The minimum Gasteiger partial charge on any atom is -0.497 e. The number of aliphatic hydroxyl groups is 1. The second kappa shape index (κ2) is 10.9. The molecule has 0 bridgehead atoms. The van der Waals surface area contributed by atoms with E-state index >= 15 is 0 Å². The summed E-state index contributed by atoms with van der Waals surface area (Å²) in [6.07, 6.45) is 0.577. The van der Waals surface area contributed by atoms with E-state index in [2.05, 4.69) is 5.32 Å². The van der Waals surface area contributed by atoms with Gasteiger partial charge in [0.25, 0.3) is 11.8 Å². The number of carbonyl (C=O) groups excluding carboxylic acids is 1. The maximum atomic E-state index is 14.2. The molecule has 9 heteroatoms. The Labute approximate surface area is 219 Å². The minimum atomic E-state index is -3.03. The lowest BCUT2D eigenvalue weighted by Gasteiger charge is -2.27. The second-order valence-corrected chi connectivity index (χ2v) is 9.45. The molecule has 4 rings (SSSR count). The molecule has 0 saturated heterocycles. The van der Waals surface area contributed by atoms with Crippen LogP contribution in [0.15, 0.2) is 54.6 Å². The van der Waals surface area contributed by atoms with E-state index in [1.807, 2.05) is 0 Å². The van der Waals surface area contributed by atoms with Gasteiger partial charge in [0.2, 0.25) is 0 Å². The summed E-state index contributed by atoms with van der Waals surface area (Å²) in [5.74, 6) is -2.37. The first-order chi connectivity index (χ1) is 17.6. The molecule has 196 valence electrons. The van der Waals surface area contributed by atoms with E-state index in [0.29, 0.717) is 46.4 Å². The fourth-order valence-corrected chi connectivity index (χ4v) is 4.60. The zero-order valence-electron chi connectivity index (χ0n) is 20.9. The average molecular weight is 531 g/mol. The van der Waals surface area contributed by atoms with Crippen molar-refractivity contribution in [1.29, 1.82) is 0 Å². The number of benzene rings is 3. The van der Waals surface area contributed by atoms with Gasteiger partial charge in [-0.25, -0.2) is 8.78 Å². The zero-order chi connectivity index (χ0) is 26.7. The number of methoxy groups -OCH3 is 1. The SMILES string of the molecule is COc1cc(NC(C(=O)N2CCc3c(C)cc(C(C)(F)F)cc32)c2ccc(Cl)cc2)cc(OCCO)c1. The van der Waals surface area contributed by atoms with Crippen LogP contribution in [0.4, 0.5) is 20.2 Å². The fraction of sp³-hybridized carbons (Fsp3) is 0.321. The molecular weight excluding hydrogens is 502 g/mol. The fourth-order valence-electron chi connectivity index (χ4n) is 4.48. The van der Waals surface area contributed by atoms with Crippen molar-refractivity contribution >= 4 is 28.9 Å². The highest BCUT2D eigenvalue weighted by Crippen LogP contribution is 2.39. The predicted molar refractivity (Wildman–Crippen MR) is 140 cm³/mol.